The number of nitrogens with one attached hydrogen (secondary N) is 2. The maximum absolute atomic E-state index is 14.9. The lowest BCUT2D eigenvalue weighted by atomic mass is 9.85. The van der Waals surface area contributed by atoms with E-state index in [2.05, 4.69) is 116 Å². The van der Waals surface area contributed by atoms with Crippen molar-refractivity contribution < 1.29 is 68.8 Å². The normalized spacial score (nSPS) is 19.2. The Bertz CT molecular complexity index is 5500. The predicted molar refractivity (Wildman–Crippen MR) is 436 cm³/mol. The number of likely N-dealkylation sites (tertiary alicyclic amines) is 4. The Hall–Kier alpha value is -8.94. The van der Waals surface area contributed by atoms with Crippen LogP contribution in [0.25, 0.3) is 0 Å². The standard InChI is InChI=1S/2C22H23F2N3O2S2.2C18H19F2N5O2S2/c2*1-15-6-5-9-27(22(15)16-7-3-2-4-8-16)12-17-10-19(24)20(11-18(17)23)31(28,29)13-21-25-14-26-30-21;2*19-14-6-17(29(26,27)10-18-21-11-24-28-18)15(20)5-12(14)9-25-4-2-1-3-16(25)13-7-22-23-8-13/h2*2-4,7-8,10-11,14-15,22H,5-6,9,12-13H2,1H3;2*5-8,11,16H,1-4,9-10H2,(H,22,23)/t2*15-,22+;2*16-/m1010/s1. The number of hydrogen-bond acceptors (Lipinski definition) is 26. The Morgan fingerprint density at radius 2 is 0.633 bits per heavy atom. The molecule has 0 saturated carbocycles. The highest BCUT2D eigenvalue weighted by Crippen LogP contribution is 2.41. The third-order valence-corrected chi connectivity index (χ3v) is 31.4. The van der Waals surface area contributed by atoms with E-state index in [1.165, 1.54) is 25.3 Å². The summed E-state index contributed by atoms with van der Waals surface area (Å²) in [6.07, 6.45) is 21.9. The monoisotopic (exact) mass is 1800 g/mol. The molecule has 6 aromatic heterocycles. The molecule has 6 atom stereocenters. The van der Waals surface area contributed by atoms with Crippen LogP contribution >= 0.6 is 46.1 Å². The van der Waals surface area contributed by atoms with Crippen molar-refractivity contribution in [3.05, 3.63) is 270 Å². The molecule has 636 valence electrons. The molecular weight excluding hydrogens is 1720 g/mol. The second-order valence-electron chi connectivity index (χ2n) is 29.8. The summed E-state index contributed by atoms with van der Waals surface area (Å²) in [5.41, 5.74) is 4.87. The van der Waals surface area contributed by atoms with Gasteiger partial charge in [-0.3, -0.25) is 29.8 Å². The van der Waals surface area contributed by atoms with Gasteiger partial charge in [0.25, 0.3) is 0 Å². The van der Waals surface area contributed by atoms with E-state index in [-0.39, 0.29) is 92.6 Å². The molecule has 0 aliphatic carbocycles. The number of rotatable bonds is 24. The van der Waals surface area contributed by atoms with E-state index in [9.17, 15) is 68.8 Å². The van der Waals surface area contributed by atoms with Gasteiger partial charge >= 0.3 is 0 Å². The second kappa shape index (κ2) is 39.9. The van der Waals surface area contributed by atoms with Crippen LogP contribution in [0.4, 0.5) is 35.1 Å². The van der Waals surface area contributed by atoms with Gasteiger partial charge in [0.05, 0.1) is 12.4 Å². The molecule has 40 heteroatoms. The van der Waals surface area contributed by atoms with Crippen LogP contribution in [0.3, 0.4) is 0 Å². The Labute approximate surface area is 706 Å². The summed E-state index contributed by atoms with van der Waals surface area (Å²) in [7, 11) is -16.3. The minimum absolute atomic E-state index is 0.0609. The molecule has 2 N–H and O–H groups in total. The zero-order chi connectivity index (χ0) is 84.9. The quantitative estimate of drug-likeness (QED) is 0.0531. The molecule has 6 aromatic carbocycles. The summed E-state index contributed by atoms with van der Waals surface area (Å²) in [6.45, 7) is 8.16. The minimum atomic E-state index is -4.07. The Morgan fingerprint density at radius 3 is 0.900 bits per heavy atom. The number of aromatic nitrogens is 12. The summed E-state index contributed by atoms with van der Waals surface area (Å²) in [5.74, 6) is -8.01. The molecule has 10 heterocycles. The Morgan fingerprint density at radius 1 is 0.350 bits per heavy atom. The van der Waals surface area contributed by atoms with Gasteiger partial charge in [-0.25, -0.2) is 88.7 Å². The fourth-order valence-corrected chi connectivity index (χ4v) is 24.6. The maximum atomic E-state index is 14.9. The van der Waals surface area contributed by atoms with Gasteiger partial charge in [-0.1, -0.05) is 87.4 Å². The number of benzene rings is 6. The first kappa shape index (κ1) is 88.8. The van der Waals surface area contributed by atoms with E-state index < -0.39 is 128 Å². The lowest BCUT2D eigenvalue weighted by Crippen LogP contribution is -2.37. The first-order chi connectivity index (χ1) is 57.6. The van der Waals surface area contributed by atoms with Crippen molar-refractivity contribution in [3.8, 4) is 0 Å². The molecule has 4 saturated heterocycles. The maximum Gasteiger partial charge on any atom is 0.187 e. The number of aromatic amines is 2. The average molecular weight is 1810 g/mol. The SMILES string of the molecule is C[C@@H]1CCCN(Cc2cc(F)c(S(=O)(=O)Cc3ncns3)cc2F)[C@@H]1c1ccccc1.C[C@H]1CCCN(Cc2cc(F)c(S(=O)(=O)Cc3ncns3)cc2F)[C@H]1c1ccccc1.O=S(=O)(Cc1ncns1)c1cc(F)c(CN2CCCC[C@@H]2c2cn[nH]c2)cc1F.O=S(=O)(Cc1ncns1)c1cc(F)c(CN2CCCC[C@H]2c2cn[nH]c2)cc1F. The van der Waals surface area contributed by atoms with E-state index >= 15 is 0 Å². The lowest BCUT2D eigenvalue weighted by molar-refractivity contribution is 0.0921. The molecule has 12 aromatic rings. The molecule has 4 aliphatic heterocycles. The molecule has 120 heavy (non-hydrogen) atoms. The zero-order valence-corrected chi connectivity index (χ0v) is 71.4. The lowest BCUT2D eigenvalue weighted by Gasteiger charge is -2.40. The van der Waals surface area contributed by atoms with E-state index in [1.54, 1.807) is 12.4 Å². The van der Waals surface area contributed by atoms with E-state index in [0.29, 0.717) is 11.8 Å². The van der Waals surface area contributed by atoms with Crippen molar-refractivity contribution in [2.45, 2.75) is 171 Å². The van der Waals surface area contributed by atoms with Crippen LogP contribution in [0.2, 0.25) is 0 Å². The van der Waals surface area contributed by atoms with Crippen LogP contribution in [-0.2, 0) is 88.5 Å². The van der Waals surface area contributed by atoms with Crippen LogP contribution < -0.4 is 0 Å². The fourth-order valence-electron chi connectivity index (χ4n) is 15.9. The number of H-pyrrole nitrogens is 2. The minimum Gasteiger partial charge on any atom is -0.292 e. The topological polar surface area (TPSA) is 310 Å². The van der Waals surface area contributed by atoms with Crippen LogP contribution in [0.1, 0.15) is 167 Å². The highest BCUT2D eigenvalue weighted by atomic mass is 32.2. The van der Waals surface area contributed by atoms with Crippen molar-refractivity contribution in [2.24, 2.45) is 11.8 Å². The van der Waals surface area contributed by atoms with Gasteiger partial charge in [0.1, 0.15) is 134 Å². The summed E-state index contributed by atoms with van der Waals surface area (Å²) >= 11 is 3.65. The summed E-state index contributed by atoms with van der Waals surface area (Å²) in [6, 6.07) is 27.5. The number of nitrogens with zero attached hydrogens (tertiary/aromatic N) is 14. The summed E-state index contributed by atoms with van der Waals surface area (Å²) in [5, 5.41) is 14.5. The molecule has 16 rings (SSSR count). The van der Waals surface area contributed by atoms with Gasteiger partial charge in [0.15, 0.2) is 39.3 Å². The highest BCUT2D eigenvalue weighted by molar-refractivity contribution is 7.91. The molecule has 0 amide bonds. The molecule has 0 bridgehead atoms. The second-order valence-corrected chi connectivity index (χ2v) is 41.1. The van der Waals surface area contributed by atoms with Gasteiger partial charge in [0, 0.05) is 96.1 Å². The first-order valence-corrected chi connectivity index (χ1v) is 48.2. The number of halogens is 8. The van der Waals surface area contributed by atoms with Crippen molar-refractivity contribution >= 4 is 85.5 Å². The number of hydrogen-bond donors (Lipinski definition) is 2. The molecule has 0 spiro atoms. The van der Waals surface area contributed by atoms with Crippen LogP contribution in [-0.4, -0.2) is 137 Å². The first-order valence-electron chi connectivity index (χ1n) is 38.5. The summed E-state index contributed by atoms with van der Waals surface area (Å²) in [4.78, 5) is 21.1. The van der Waals surface area contributed by atoms with Crippen LogP contribution in [0.15, 0.2) is 179 Å². The molecule has 4 aliphatic rings. The third-order valence-electron chi connectivity index (χ3n) is 21.5. The number of piperidine rings is 4. The van der Waals surface area contributed by atoms with Crippen molar-refractivity contribution in [3.63, 3.8) is 0 Å². The fraction of sp³-hybridized carbons (Fsp3) is 0.375. The molecule has 4 fully saturated rings. The van der Waals surface area contributed by atoms with E-state index in [0.717, 1.165) is 207 Å². The van der Waals surface area contributed by atoms with Crippen LogP contribution in [0.5, 0.6) is 0 Å². The van der Waals surface area contributed by atoms with Crippen molar-refractivity contribution in [2.75, 3.05) is 26.2 Å². The van der Waals surface area contributed by atoms with Crippen molar-refractivity contribution in [1.29, 1.82) is 0 Å². The van der Waals surface area contributed by atoms with Gasteiger partial charge in [-0.05, 0) is 195 Å². The van der Waals surface area contributed by atoms with Gasteiger partial charge < -0.3 is 0 Å². The highest BCUT2D eigenvalue weighted by Gasteiger charge is 2.36. The van der Waals surface area contributed by atoms with E-state index in [1.807, 2.05) is 48.8 Å². The van der Waals surface area contributed by atoms with Gasteiger partial charge in [-0.2, -0.15) is 27.7 Å². The largest absolute Gasteiger partial charge is 0.292 e. The molecule has 0 radical (unpaired) electrons. The zero-order valence-electron chi connectivity index (χ0n) is 64.8. The predicted octanol–water partition coefficient (Wildman–Crippen LogP) is 16.0. The molecule has 0 unspecified atom stereocenters. The van der Waals surface area contributed by atoms with Crippen LogP contribution in [0, 0.1) is 58.4 Å². The van der Waals surface area contributed by atoms with Gasteiger partial charge in [-0.15, -0.1) is 0 Å². The van der Waals surface area contributed by atoms with E-state index in [4.69, 9.17) is 0 Å². The third kappa shape index (κ3) is 22.3. The summed E-state index contributed by atoms with van der Waals surface area (Å²) < 4.78 is 234. The Kier molecular flexibility index (Phi) is 29.6. The molecule has 24 nitrogen and oxygen atoms in total. The van der Waals surface area contributed by atoms with Gasteiger partial charge in [0.2, 0.25) is 0 Å². The smallest absolute Gasteiger partial charge is 0.187 e. The molecular formula is C80H84F8N16O8S8. The van der Waals surface area contributed by atoms with Crippen molar-refractivity contribution in [1.82, 2.24) is 77.4 Å². The number of sulfone groups is 4. The Balaban J connectivity index is 0.000000138. The average Bonchev–Trinajstić information content (AvgIpc) is 1.04.